The molecule has 0 radical (unpaired) electrons. The number of rotatable bonds is 5. The molecule has 2 aliphatic rings. The maximum atomic E-state index is 12.8. The molecule has 1 aliphatic carbocycles. The number of benzene rings is 1. The van der Waals surface area contributed by atoms with Crippen molar-refractivity contribution in [1.82, 2.24) is 9.78 Å². The molecule has 7 nitrogen and oxygen atoms in total. The standard InChI is InChI=1S/C22H25F3N6O/c1-31(9-2-10-31)17-7-8-19(14(11-17)12-26)30-13-18(20(27)32)21(29-30)28-16-5-3-15(4-6-16)22(23,24)25/h3-6,13-14,17,19H,2,7-11H2,1H3,(H2-,27,28,29,32)/p+1. The molecule has 0 bridgehead atoms. The maximum absolute atomic E-state index is 12.8. The van der Waals surface area contributed by atoms with Crippen LogP contribution < -0.4 is 11.1 Å². The summed E-state index contributed by atoms with van der Waals surface area (Å²) in [5.74, 6) is -0.784. The van der Waals surface area contributed by atoms with Crippen LogP contribution in [-0.4, -0.2) is 46.3 Å². The van der Waals surface area contributed by atoms with Gasteiger partial charge in [-0.2, -0.15) is 23.5 Å². The molecule has 1 saturated heterocycles. The molecule has 1 aromatic heterocycles. The van der Waals surface area contributed by atoms with E-state index in [1.54, 1.807) is 4.68 Å². The zero-order chi connectivity index (χ0) is 23.1. The van der Waals surface area contributed by atoms with Crippen LogP contribution in [0.3, 0.4) is 0 Å². The lowest BCUT2D eigenvalue weighted by molar-refractivity contribution is -0.970. The molecule has 3 atom stereocenters. The van der Waals surface area contributed by atoms with Gasteiger partial charge in [0.25, 0.3) is 5.91 Å². The van der Waals surface area contributed by atoms with Crippen molar-refractivity contribution in [2.45, 2.75) is 43.9 Å². The average Bonchev–Trinajstić information content (AvgIpc) is 3.15. The van der Waals surface area contributed by atoms with Crippen molar-refractivity contribution in [1.29, 1.82) is 5.26 Å². The minimum absolute atomic E-state index is 0.130. The zero-order valence-electron chi connectivity index (χ0n) is 17.8. The summed E-state index contributed by atoms with van der Waals surface area (Å²) in [6.07, 6.45) is 0.810. The van der Waals surface area contributed by atoms with Crippen LogP contribution in [-0.2, 0) is 6.18 Å². The highest BCUT2D eigenvalue weighted by Gasteiger charge is 2.44. The number of likely N-dealkylation sites (tertiary alicyclic amines) is 1. The van der Waals surface area contributed by atoms with Gasteiger partial charge < -0.3 is 15.5 Å². The predicted molar refractivity (Wildman–Crippen MR) is 112 cm³/mol. The molecule has 2 fully saturated rings. The predicted octanol–water partition coefficient (Wildman–Crippen LogP) is 3.83. The van der Waals surface area contributed by atoms with Crippen LogP contribution in [0.5, 0.6) is 0 Å². The highest BCUT2D eigenvalue weighted by Crippen LogP contribution is 2.40. The SMILES string of the molecule is C[N+]1(C2CCC(n3cc(C(N)=O)c(Nc4ccc(C(F)(F)F)cc4)n3)C(C#N)C2)CCC1. The number of primary amides is 1. The van der Waals surface area contributed by atoms with Crippen molar-refractivity contribution >= 4 is 17.4 Å². The quantitative estimate of drug-likeness (QED) is 0.681. The molecule has 2 heterocycles. The molecule has 2 aromatic rings. The van der Waals surface area contributed by atoms with E-state index in [4.69, 9.17) is 5.73 Å². The molecule has 0 spiro atoms. The number of carbonyl (C=O) groups is 1. The second-order valence-electron chi connectivity index (χ2n) is 8.99. The highest BCUT2D eigenvalue weighted by molar-refractivity contribution is 5.98. The van der Waals surface area contributed by atoms with Crippen LogP contribution in [0.2, 0.25) is 0 Å². The topological polar surface area (TPSA) is 96.7 Å². The summed E-state index contributed by atoms with van der Waals surface area (Å²) in [5.41, 5.74) is 5.23. The first-order valence-electron chi connectivity index (χ1n) is 10.7. The fraction of sp³-hybridized carbons (Fsp3) is 0.500. The Kier molecular flexibility index (Phi) is 5.63. The van der Waals surface area contributed by atoms with Gasteiger partial charge in [0.1, 0.15) is 5.56 Å². The molecule has 1 aliphatic heterocycles. The first-order valence-corrected chi connectivity index (χ1v) is 10.7. The number of alkyl halides is 3. The van der Waals surface area contributed by atoms with E-state index < -0.39 is 17.6 Å². The first kappa shape index (κ1) is 22.1. The molecule has 170 valence electrons. The lowest BCUT2D eigenvalue weighted by atomic mass is 9.80. The largest absolute Gasteiger partial charge is 0.416 e. The Balaban J connectivity index is 1.55. The lowest BCUT2D eigenvalue weighted by Gasteiger charge is -2.51. The Labute approximate surface area is 184 Å². The van der Waals surface area contributed by atoms with E-state index in [9.17, 15) is 23.2 Å². The van der Waals surface area contributed by atoms with Crippen molar-refractivity contribution in [3.05, 3.63) is 41.6 Å². The van der Waals surface area contributed by atoms with Gasteiger partial charge in [-0.1, -0.05) is 0 Å². The number of nitrogens with two attached hydrogens (primary N) is 1. The smallest absolute Gasteiger partial charge is 0.365 e. The van der Waals surface area contributed by atoms with Crippen molar-refractivity contribution in [3.63, 3.8) is 0 Å². The van der Waals surface area contributed by atoms with Crippen LogP contribution in [0.15, 0.2) is 30.5 Å². The van der Waals surface area contributed by atoms with E-state index in [1.807, 2.05) is 0 Å². The number of hydrogen-bond acceptors (Lipinski definition) is 4. The van der Waals surface area contributed by atoms with Crippen molar-refractivity contribution < 1.29 is 22.4 Å². The normalized spacial score (nSPS) is 24.9. The van der Waals surface area contributed by atoms with Crippen LogP contribution in [0.1, 0.15) is 47.6 Å². The summed E-state index contributed by atoms with van der Waals surface area (Å²) in [6, 6.07) is 7.12. The van der Waals surface area contributed by atoms with Gasteiger partial charge in [0.15, 0.2) is 5.82 Å². The van der Waals surface area contributed by atoms with Crippen LogP contribution in [0, 0.1) is 17.2 Å². The third-order valence-electron chi connectivity index (χ3n) is 6.98. The van der Waals surface area contributed by atoms with Crippen LogP contribution >= 0.6 is 0 Å². The lowest BCUT2D eigenvalue weighted by Crippen LogP contribution is -2.62. The van der Waals surface area contributed by atoms with E-state index in [1.165, 1.54) is 24.8 Å². The van der Waals surface area contributed by atoms with Crippen LogP contribution in [0.25, 0.3) is 0 Å². The van der Waals surface area contributed by atoms with Gasteiger partial charge in [0, 0.05) is 31.1 Å². The van der Waals surface area contributed by atoms with E-state index in [0.29, 0.717) is 11.7 Å². The Morgan fingerprint density at radius 3 is 2.50 bits per heavy atom. The van der Waals surface area contributed by atoms with E-state index in [2.05, 4.69) is 23.5 Å². The monoisotopic (exact) mass is 447 g/mol. The number of halogens is 3. The summed E-state index contributed by atoms with van der Waals surface area (Å²) in [4.78, 5) is 12.0. The molecule has 10 heteroatoms. The highest BCUT2D eigenvalue weighted by atomic mass is 19.4. The van der Waals surface area contributed by atoms with Gasteiger partial charge in [-0.3, -0.25) is 9.48 Å². The first-order chi connectivity index (χ1) is 15.1. The molecule has 1 aromatic carbocycles. The number of nitrogens with zero attached hydrogens (tertiary/aromatic N) is 4. The van der Waals surface area contributed by atoms with Gasteiger partial charge in [0.05, 0.1) is 49.8 Å². The molecule has 4 rings (SSSR count). The summed E-state index contributed by atoms with van der Waals surface area (Å²) < 4.78 is 41.0. The second kappa shape index (κ2) is 8.13. The van der Waals surface area contributed by atoms with Crippen molar-refractivity contribution in [3.8, 4) is 6.07 Å². The number of quaternary nitrogens is 1. The third kappa shape index (κ3) is 4.17. The molecule has 32 heavy (non-hydrogen) atoms. The summed E-state index contributed by atoms with van der Waals surface area (Å²) in [7, 11) is 2.24. The number of carbonyl (C=O) groups excluding carboxylic acids is 1. The van der Waals surface area contributed by atoms with E-state index in [0.717, 1.165) is 49.0 Å². The summed E-state index contributed by atoms with van der Waals surface area (Å²) >= 11 is 0. The maximum Gasteiger partial charge on any atom is 0.416 e. The number of nitrogens with one attached hydrogen (secondary N) is 1. The number of anilines is 2. The number of amides is 1. The minimum Gasteiger partial charge on any atom is -0.365 e. The Morgan fingerprint density at radius 2 is 1.97 bits per heavy atom. The van der Waals surface area contributed by atoms with Crippen LogP contribution in [0.4, 0.5) is 24.7 Å². The van der Waals surface area contributed by atoms with Crippen molar-refractivity contribution in [2.24, 2.45) is 11.7 Å². The molecule has 1 amide bonds. The fourth-order valence-electron chi connectivity index (χ4n) is 4.89. The minimum atomic E-state index is -4.43. The Bertz CT molecular complexity index is 1040. The Hall–Kier alpha value is -3.06. The molecule has 1 saturated carbocycles. The van der Waals surface area contributed by atoms with Gasteiger partial charge in [-0.15, -0.1) is 0 Å². The average molecular weight is 447 g/mol. The number of hydrogen-bond donors (Lipinski definition) is 2. The van der Waals surface area contributed by atoms with Gasteiger partial charge in [-0.05, 0) is 30.7 Å². The second-order valence-corrected chi connectivity index (χ2v) is 8.99. The van der Waals surface area contributed by atoms with Gasteiger partial charge in [0.2, 0.25) is 0 Å². The summed E-state index contributed by atoms with van der Waals surface area (Å²) in [6.45, 7) is 2.28. The van der Waals surface area contributed by atoms with E-state index >= 15 is 0 Å². The third-order valence-corrected chi connectivity index (χ3v) is 6.98. The van der Waals surface area contributed by atoms with E-state index in [-0.39, 0.29) is 23.3 Å². The van der Waals surface area contributed by atoms with Gasteiger partial charge >= 0.3 is 6.18 Å². The number of nitriles is 1. The fourth-order valence-corrected chi connectivity index (χ4v) is 4.89. The summed E-state index contributed by atoms with van der Waals surface area (Å²) in [5, 5.41) is 17.2. The molecular weight excluding hydrogens is 421 g/mol. The van der Waals surface area contributed by atoms with Crippen molar-refractivity contribution in [2.75, 3.05) is 25.5 Å². The van der Waals surface area contributed by atoms with Gasteiger partial charge in [-0.25, -0.2) is 0 Å². The molecule has 3 unspecified atom stereocenters. The molecular formula is C22H26F3N6O+. The number of aromatic nitrogens is 2. The zero-order valence-corrected chi connectivity index (χ0v) is 17.8. The Morgan fingerprint density at radius 1 is 1.28 bits per heavy atom. The molecule has 3 N–H and O–H groups in total.